The lowest BCUT2D eigenvalue weighted by Gasteiger charge is -2.26. The van der Waals surface area contributed by atoms with Gasteiger partial charge in [-0.1, -0.05) is 24.6 Å². The van der Waals surface area contributed by atoms with Gasteiger partial charge in [0.1, 0.15) is 0 Å². The van der Waals surface area contributed by atoms with Crippen molar-refractivity contribution in [2.75, 3.05) is 26.2 Å². The molecule has 1 fully saturated rings. The van der Waals surface area contributed by atoms with Crippen LogP contribution >= 0.6 is 0 Å². The van der Waals surface area contributed by atoms with Crippen molar-refractivity contribution in [3.05, 3.63) is 58.0 Å². The Morgan fingerprint density at radius 2 is 1.88 bits per heavy atom. The molecular weight excluding hydrogens is 316 g/mol. The highest BCUT2D eigenvalue weighted by Gasteiger charge is 2.16. The summed E-state index contributed by atoms with van der Waals surface area (Å²) in [5.74, 6) is -0.410. The molecule has 1 aliphatic heterocycles. The second-order valence-corrected chi connectivity index (χ2v) is 6.40. The van der Waals surface area contributed by atoms with Crippen LogP contribution in [-0.4, -0.2) is 46.8 Å². The molecule has 132 valence electrons. The Hall–Kier alpha value is -2.47. The zero-order valence-corrected chi connectivity index (χ0v) is 14.6. The van der Waals surface area contributed by atoms with Gasteiger partial charge in [-0.3, -0.25) is 9.59 Å². The van der Waals surface area contributed by atoms with Gasteiger partial charge in [-0.2, -0.15) is 5.10 Å². The SMILES string of the molecule is Cc1cc(=O)c(C(=O)NCCN2CCCCC2)nn1-c1ccccc1. The molecule has 2 heterocycles. The van der Waals surface area contributed by atoms with Crippen LogP contribution < -0.4 is 10.7 Å². The van der Waals surface area contributed by atoms with E-state index in [1.54, 1.807) is 11.6 Å². The van der Waals surface area contributed by atoms with E-state index >= 15 is 0 Å². The number of aromatic nitrogens is 2. The summed E-state index contributed by atoms with van der Waals surface area (Å²) in [6.45, 7) is 5.31. The summed E-state index contributed by atoms with van der Waals surface area (Å²) in [6, 6.07) is 10.9. The van der Waals surface area contributed by atoms with Crippen LogP contribution in [0.5, 0.6) is 0 Å². The number of carbonyl (C=O) groups excluding carboxylic acids is 1. The van der Waals surface area contributed by atoms with Crippen molar-refractivity contribution >= 4 is 5.91 Å². The first-order valence-electron chi connectivity index (χ1n) is 8.82. The first-order chi connectivity index (χ1) is 12.1. The molecule has 3 rings (SSSR count). The van der Waals surface area contributed by atoms with E-state index < -0.39 is 5.91 Å². The van der Waals surface area contributed by atoms with Crippen LogP contribution in [0.3, 0.4) is 0 Å². The van der Waals surface area contributed by atoms with Crippen LogP contribution in [0.4, 0.5) is 0 Å². The molecule has 0 aliphatic carbocycles. The van der Waals surface area contributed by atoms with Crippen LogP contribution in [-0.2, 0) is 0 Å². The molecule has 0 radical (unpaired) electrons. The summed E-state index contributed by atoms with van der Waals surface area (Å²) in [5.41, 5.74) is 1.11. The van der Waals surface area contributed by atoms with Crippen LogP contribution in [0, 0.1) is 6.92 Å². The molecule has 1 aromatic carbocycles. The number of carbonyl (C=O) groups is 1. The monoisotopic (exact) mass is 340 g/mol. The number of amides is 1. The summed E-state index contributed by atoms with van der Waals surface area (Å²) < 4.78 is 1.63. The van der Waals surface area contributed by atoms with Gasteiger partial charge in [0.25, 0.3) is 5.91 Å². The highest BCUT2D eigenvalue weighted by molar-refractivity contribution is 5.92. The molecule has 6 nitrogen and oxygen atoms in total. The topological polar surface area (TPSA) is 67.2 Å². The second-order valence-electron chi connectivity index (χ2n) is 6.40. The van der Waals surface area contributed by atoms with Gasteiger partial charge in [0.15, 0.2) is 5.69 Å². The number of benzene rings is 1. The fourth-order valence-corrected chi connectivity index (χ4v) is 3.13. The first kappa shape index (κ1) is 17.4. The van der Waals surface area contributed by atoms with E-state index in [0.717, 1.165) is 25.3 Å². The van der Waals surface area contributed by atoms with Crippen molar-refractivity contribution in [1.82, 2.24) is 20.0 Å². The number of hydrogen-bond acceptors (Lipinski definition) is 4. The molecule has 1 saturated heterocycles. The Morgan fingerprint density at radius 3 is 2.60 bits per heavy atom. The maximum atomic E-state index is 12.4. The minimum Gasteiger partial charge on any atom is -0.349 e. The van der Waals surface area contributed by atoms with E-state index in [1.807, 2.05) is 30.3 Å². The summed E-state index contributed by atoms with van der Waals surface area (Å²) in [4.78, 5) is 26.9. The number of rotatable bonds is 5. The van der Waals surface area contributed by atoms with Crippen molar-refractivity contribution in [3.8, 4) is 5.69 Å². The van der Waals surface area contributed by atoms with Gasteiger partial charge in [0.2, 0.25) is 5.43 Å². The number of likely N-dealkylation sites (tertiary alicyclic amines) is 1. The normalized spacial score (nSPS) is 15.1. The molecule has 1 aromatic heterocycles. The average Bonchev–Trinajstić information content (AvgIpc) is 2.63. The number of nitrogens with zero attached hydrogens (tertiary/aromatic N) is 3. The number of para-hydroxylation sites is 1. The Kier molecular flexibility index (Phi) is 5.60. The standard InChI is InChI=1S/C19H24N4O2/c1-15-14-17(24)18(21-23(15)16-8-4-2-5-9-16)19(25)20-10-13-22-11-6-3-7-12-22/h2,4-5,8-9,14H,3,6-7,10-13H2,1H3,(H,20,25). The first-order valence-corrected chi connectivity index (χ1v) is 8.82. The van der Waals surface area contributed by atoms with Crippen molar-refractivity contribution < 1.29 is 4.79 Å². The quantitative estimate of drug-likeness (QED) is 0.901. The zero-order valence-electron chi connectivity index (χ0n) is 14.6. The lowest BCUT2D eigenvalue weighted by molar-refractivity contribution is 0.0938. The van der Waals surface area contributed by atoms with E-state index in [4.69, 9.17) is 0 Å². The van der Waals surface area contributed by atoms with Crippen LogP contribution in [0.15, 0.2) is 41.2 Å². The maximum Gasteiger partial charge on any atom is 0.275 e. The maximum absolute atomic E-state index is 12.4. The van der Waals surface area contributed by atoms with Crippen molar-refractivity contribution in [1.29, 1.82) is 0 Å². The predicted octanol–water partition coefficient (Wildman–Crippen LogP) is 1.76. The molecule has 25 heavy (non-hydrogen) atoms. The van der Waals surface area contributed by atoms with E-state index in [1.165, 1.54) is 25.3 Å². The molecule has 6 heteroatoms. The number of nitrogens with one attached hydrogen (secondary N) is 1. The molecule has 0 bridgehead atoms. The van der Waals surface area contributed by atoms with Gasteiger partial charge in [-0.15, -0.1) is 0 Å². The lowest BCUT2D eigenvalue weighted by Crippen LogP contribution is -2.39. The average molecular weight is 340 g/mol. The van der Waals surface area contributed by atoms with Gasteiger partial charge >= 0.3 is 0 Å². The number of hydrogen-bond donors (Lipinski definition) is 1. The molecule has 1 N–H and O–H groups in total. The van der Waals surface area contributed by atoms with Crippen LogP contribution in [0.25, 0.3) is 5.69 Å². The van der Waals surface area contributed by atoms with Crippen molar-refractivity contribution in [3.63, 3.8) is 0 Å². The summed E-state index contributed by atoms with van der Waals surface area (Å²) in [6.07, 6.45) is 3.72. The minimum absolute atomic E-state index is 0.0619. The van der Waals surface area contributed by atoms with Gasteiger partial charge in [-0.25, -0.2) is 4.68 Å². The Labute approximate surface area is 147 Å². The zero-order chi connectivity index (χ0) is 17.6. The van der Waals surface area contributed by atoms with E-state index in [0.29, 0.717) is 12.2 Å². The van der Waals surface area contributed by atoms with Crippen LogP contribution in [0.2, 0.25) is 0 Å². The molecule has 1 amide bonds. The molecule has 0 saturated carbocycles. The molecule has 0 unspecified atom stereocenters. The van der Waals surface area contributed by atoms with Crippen LogP contribution in [0.1, 0.15) is 35.4 Å². The van der Waals surface area contributed by atoms with Gasteiger partial charge in [-0.05, 0) is 45.0 Å². The van der Waals surface area contributed by atoms with E-state index in [-0.39, 0.29) is 11.1 Å². The molecule has 2 aromatic rings. The van der Waals surface area contributed by atoms with Crippen molar-refractivity contribution in [2.45, 2.75) is 26.2 Å². The third kappa shape index (κ3) is 4.33. The largest absolute Gasteiger partial charge is 0.349 e. The fraction of sp³-hybridized carbons (Fsp3) is 0.421. The molecular formula is C19H24N4O2. The molecule has 0 atom stereocenters. The number of piperidine rings is 1. The highest BCUT2D eigenvalue weighted by atomic mass is 16.2. The van der Waals surface area contributed by atoms with Gasteiger partial charge < -0.3 is 10.2 Å². The van der Waals surface area contributed by atoms with Gasteiger partial charge in [0, 0.05) is 24.8 Å². The van der Waals surface area contributed by atoms with Crippen molar-refractivity contribution in [2.24, 2.45) is 0 Å². The highest BCUT2D eigenvalue weighted by Crippen LogP contribution is 2.08. The molecule has 0 spiro atoms. The van der Waals surface area contributed by atoms with E-state index in [9.17, 15) is 9.59 Å². The summed E-state index contributed by atoms with van der Waals surface area (Å²) >= 11 is 0. The second kappa shape index (κ2) is 8.07. The minimum atomic E-state index is -0.410. The van der Waals surface area contributed by atoms with E-state index in [2.05, 4.69) is 15.3 Å². The Balaban J connectivity index is 1.70. The Bertz CT molecular complexity index is 780. The fourth-order valence-electron chi connectivity index (χ4n) is 3.13. The smallest absolute Gasteiger partial charge is 0.275 e. The Morgan fingerprint density at radius 1 is 1.16 bits per heavy atom. The molecule has 1 aliphatic rings. The van der Waals surface area contributed by atoms with Gasteiger partial charge in [0.05, 0.1) is 5.69 Å². The summed E-state index contributed by atoms with van der Waals surface area (Å²) in [7, 11) is 0. The third-order valence-electron chi connectivity index (χ3n) is 4.49. The number of aryl methyl sites for hydroxylation is 1. The lowest BCUT2D eigenvalue weighted by atomic mass is 10.1. The third-order valence-corrected chi connectivity index (χ3v) is 4.49. The summed E-state index contributed by atoms with van der Waals surface area (Å²) in [5, 5.41) is 7.11. The predicted molar refractivity (Wildman–Crippen MR) is 97.2 cm³/mol.